The molecule has 3 heteroatoms. The largest absolute Gasteiger partial charge is 0.302 e. The van der Waals surface area contributed by atoms with Gasteiger partial charge in [-0.2, -0.15) is 0 Å². The fourth-order valence-electron chi connectivity index (χ4n) is 2.64. The monoisotopic (exact) mass is 270 g/mol. The Labute approximate surface area is 115 Å². The first-order valence-corrected chi connectivity index (χ1v) is 6.37. The molecule has 0 radical (unpaired) electrons. The molecule has 2 aromatic rings. The third-order valence-electron chi connectivity index (χ3n) is 3.59. The molecule has 0 spiro atoms. The number of aldehydes is 1. The summed E-state index contributed by atoms with van der Waals surface area (Å²) in [5.74, 6) is -0.928. The van der Waals surface area contributed by atoms with E-state index in [1.54, 1.807) is 18.2 Å². The Morgan fingerprint density at radius 2 is 1.70 bits per heavy atom. The van der Waals surface area contributed by atoms with Crippen molar-refractivity contribution in [2.75, 3.05) is 0 Å². The molecule has 2 aromatic carbocycles. The number of hydrogen-bond donors (Lipinski definition) is 0. The summed E-state index contributed by atoms with van der Waals surface area (Å²) >= 11 is 0. The maximum atomic E-state index is 13.2. The van der Waals surface area contributed by atoms with Crippen molar-refractivity contribution in [3.63, 3.8) is 0 Å². The van der Waals surface area contributed by atoms with Crippen LogP contribution in [0.4, 0.5) is 8.78 Å². The zero-order chi connectivity index (χ0) is 14.1. The van der Waals surface area contributed by atoms with E-state index in [9.17, 15) is 13.6 Å². The smallest absolute Gasteiger partial charge is 0.131 e. The number of carbonyl (C=O) groups excluding carboxylic acids is 1. The fraction of sp³-hybridized carbons (Fsp3) is 0.118. The minimum atomic E-state index is -0.337. The molecule has 0 aliphatic heterocycles. The zero-order valence-electron chi connectivity index (χ0n) is 10.6. The van der Waals surface area contributed by atoms with Crippen molar-refractivity contribution in [2.45, 2.75) is 12.3 Å². The number of carbonyl (C=O) groups is 1. The normalized spacial score (nSPS) is 19.1. The summed E-state index contributed by atoms with van der Waals surface area (Å²) in [5.41, 5.74) is 3.44. The lowest BCUT2D eigenvalue weighted by atomic mass is 9.98. The van der Waals surface area contributed by atoms with E-state index in [4.69, 9.17) is 0 Å². The number of allylic oxidation sites excluding steroid dienone is 1. The maximum Gasteiger partial charge on any atom is 0.131 e. The third kappa shape index (κ3) is 2.27. The van der Waals surface area contributed by atoms with Gasteiger partial charge in [0.2, 0.25) is 0 Å². The topological polar surface area (TPSA) is 17.1 Å². The molecule has 0 heterocycles. The number of fused-ring (bicyclic) bond motifs is 1. The van der Waals surface area contributed by atoms with Crippen LogP contribution in [0.15, 0.2) is 48.0 Å². The van der Waals surface area contributed by atoms with Crippen molar-refractivity contribution < 1.29 is 13.6 Å². The first-order valence-electron chi connectivity index (χ1n) is 6.37. The van der Waals surface area contributed by atoms with Crippen LogP contribution in [0.3, 0.4) is 0 Å². The molecule has 1 atom stereocenters. The summed E-state index contributed by atoms with van der Waals surface area (Å²) in [6.07, 6.45) is 3.30. The molecule has 1 nitrogen and oxygen atoms in total. The molecular weight excluding hydrogens is 258 g/mol. The number of halogens is 2. The highest BCUT2D eigenvalue weighted by Crippen LogP contribution is 2.37. The van der Waals surface area contributed by atoms with Gasteiger partial charge in [-0.3, -0.25) is 0 Å². The second-order valence-corrected chi connectivity index (χ2v) is 4.90. The van der Waals surface area contributed by atoms with Gasteiger partial charge in [0.1, 0.15) is 17.9 Å². The predicted molar refractivity (Wildman–Crippen MR) is 73.3 cm³/mol. The van der Waals surface area contributed by atoms with Gasteiger partial charge in [0.05, 0.1) is 5.92 Å². The minimum absolute atomic E-state index is 0.295. The Hall–Kier alpha value is -2.29. The third-order valence-corrected chi connectivity index (χ3v) is 3.59. The molecule has 0 saturated carbocycles. The van der Waals surface area contributed by atoms with Crippen molar-refractivity contribution >= 4 is 12.4 Å². The van der Waals surface area contributed by atoms with E-state index in [0.29, 0.717) is 6.42 Å². The molecule has 20 heavy (non-hydrogen) atoms. The highest BCUT2D eigenvalue weighted by molar-refractivity contribution is 5.76. The van der Waals surface area contributed by atoms with E-state index in [2.05, 4.69) is 0 Å². The summed E-state index contributed by atoms with van der Waals surface area (Å²) in [6, 6.07) is 10.6. The van der Waals surface area contributed by atoms with Crippen LogP contribution in [-0.2, 0) is 11.2 Å². The van der Waals surface area contributed by atoms with Crippen LogP contribution >= 0.6 is 0 Å². The molecule has 0 bridgehead atoms. The van der Waals surface area contributed by atoms with Crippen molar-refractivity contribution in [3.8, 4) is 0 Å². The summed E-state index contributed by atoms with van der Waals surface area (Å²) < 4.78 is 26.1. The molecule has 0 N–H and O–H groups in total. The lowest BCUT2D eigenvalue weighted by Gasteiger charge is -2.05. The number of rotatable bonds is 2. The Kier molecular flexibility index (Phi) is 3.18. The van der Waals surface area contributed by atoms with Gasteiger partial charge in [-0.1, -0.05) is 29.8 Å². The standard InChI is InChI=1S/C17H12F2O/c18-14-3-1-11(2-4-14)7-12-8-13-9-15(19)5-6-16(13)17(12)10-20/h1-7,9-10,17H,8H2/b12-7+. The molecule has 1 aliphatic rings. The van der Waals surface area contributed by atoms with Crippen molar-refractivity contribution in [1.82, 2.24) is 0 Å². The van der Waals surface area contributed by atoms with Crippen LogP contribution in [0, 0.1) is 11.6 Å². The lowest BCUT2D eigenvalue weighted by molar-refractivity contribution is -0.108. The number of benzene rings is 2. The molecule has 1 aliphatic carbocycles. The van der Waals surface area contributed by atoms with E-state index in [-0.39, 0.29) is 17.6 Å². The second-order valence-electron chi connectivity index (χ2n) is 4.90. The molecule has 0 saturated heterocycles. The fourth-order valence-corrected chi connectivity index (χ4v) is 2.64. The molecule has 3 rings (SSSR count). The van der Waals surface area contributed by atoms with Crippen LogP contribution in [0.5, 0.6) is 0 Å². The zero-order valence-corrected chi connectivity index (χ0v) is 10.6. The van der Waals surface area contributed by atoms with E-state index in [1.807, 2.05) is 6.08 Å². The van der Waals surface area contributed by atoms with Crippen molar-refractivity contribution in [2.24, 2.45) is 0 Å². The molecule has 100 valence electrons. The summed E-state index contributed by atoms with van der Waals surface area (Å²) in [7, 11) is 0. The molecule has 1 unspecified atom stereocenters. The van der Waals surface area contributed by atoms with Gasteiger partial charge < -0.3 is 4.79 Å². The van der Waals surface area contributed by atoms with Gasteiger partial charge in [-0.15, -0.1) is 0 Å². The molecule has 0 fully saturated rings. The Morgan fingerprint density at radius 1 is 1.00 bits per heavy atom. The first-order chi connectivity index (χ1) is 9.67. The van der Waals surface area contributed by atoms with E-state index < -0.39 is 0 Å². The van der Waals surface area contributed by atoms with Crippen LogP contribution < -0.4 is 0 Å². The molecule has 0 aromatic heterocycles. The summed E-state index contributed by atoms with van der Waals surface area (Å²) in [6.45, 7) is 0. The average molecular weight is 270 g/mol. The van der Waals surface area contributed by atoms with Gasteiger partial charge in [-0.25, -0.2) is 8.78 Å². The molecule has 0 amide bonds. The van der Waals surface area contributed by atoms with Crippen molar-refractivity contribution in [3.05, 3.63) is 76.4 Å². The van der Waals surface area contributed by atoms with E-state index >= 15 is 0 Å². The highest BCUT2D eigenvalue weighted by atomic mass is 19.1. The average Bonchev–Trinajstić information content (AvgIpc) is 2.77. The Balaban J connectivity index is 1.99. The van der Waals surface area contributed by atoms with Gasteiger partial charge in [-0.05, 0) is 47.4 Å². The summed E-state index contributed by atoms with van der Waals surface area (Å²) in [4.78, 5) is 11.3. The Morgan fingerprint density at radius 3 is 2.40 bits per heavy atom. The van der Waals surface area contributed by atoms with E-state index in [1.165, 1.54) is 24.3 Å². The van der Waals surface area contributed by atoms with Gasteiger partial charge in [0.15, 0.2) is 0 Å². The van der Waals surface area contributed by atoms with Gasteiger partial charge >= 0.3 is 0 Å². The van der Waals surface area contributed by atoms with Gasteiger partial charge in [0, 0.05) is 0 Å². The predicted octanol–water partition coefficient (Wildman–Crippen LogP) is 3.89. The SMILES string of the molecule is O=CC1/C(=C/c2ccc(F)cc2)Cc2cc(F)ccc21. The van der Waals surface area contributed by atoms with Crippen molar-refractivity contribution in [1.29, 1.82) is 0 Å². The number of hydrogen-bond acceptors (Lipinski definition) is 1. The van der Waals surface area contributed by atoms with Crippen LogP contribution in [0.1, 0.15) is 22.6 Å². The quantitative estimate of drug-likeness (QED) is 0.757. The second kappa shape index (κ2) is 5.00. The van der Waals surface area contributed by atoms with Crippen LogP contribution in [0.25, 0.3) is 6.08 Å². The summed E-state index contributed by atoms with van der Waals surface area (Å²) in [5, 5.41) is 0. The van der Waals surface area contributed by atoms with E-state index in [0.717, 1.165) is 28.5 Å². The van der Waals surface area contributed by atoms with Gasteiger partial charge in [0.25, 0.3) is 0 Å². The minimum Gasteiger partial charge on any atom is -0.302 e. The highest BCUT2D eigenvalue weighted by Gasteiger charge is 2.26. The van der Waals surface area contributed by atoms with Crippen LogP contribution in [0.2, 0.25) is 0 Å². The van der Waals surface area contributed by atoms with Crippen LogP contribution in [-0.4, -0.2) is 6.29 Å². The lowest BCUT2D eigenvalue weighted by Crippen LogP contribution is -1.97. The first kappa shape index (κ1) is 12.7. The maximum absolute atomic E-state index is 13.2. The molecular formula is C17H12F2O. The Bertz CT molecular complexity index is 687.